The van der Waals surface area contributed by atoms with Crippen LogP contribution in [-0.2, 0) is 6.54 Å². The van der Waals surface area contributed by atoms with Crippen LogP contribution in [0.4, 0.5) is 14.9 Å². The van der Waals surface area contributed by atoms with Crippen LogP contribution in [-0.4, -0.2) is 29.0 Å². The Kier molecular flexibility index (Phi) is 4.35. The number of nitrogens with zero attached hydrogens (tertiary/aromatic N) is 3. The Morgan fingerprint density at radius 1 is 0.885 bits per heavy atom. The van der Waals surface area contributed by atoms with Crippen LogP contribution in [0.25, 0.3) is 11.1 Å². The predicted octanol–water partition coefficient (Wildman–Crippen LogP) is 4.33. The first kappa shape index (κ1) is 16.3. The lowest BCUT2D eigenvalue weighted by Crippen LogP contribution is -2.31. The van der Waals surface area contributed by atoms with Crippen LogP contribution in [0.1, 0.15) is 5.56 Å². The average Bonchev–Trinajstić information content (AvgIpc) is 3.05. The molecule has 1 fully saturated rings. The van der Waals surface area contributed by atoms with Gasteiger partial charge in [-0.3, -0.25) is 9.88 Å². The molecule has 4 rings (SSSR count). The zero-order valence-electron chi connectivity index (χ0n) is 14.2. The van der Waals surface area contributed by atoms with Gasteiger partial charge in [0.15, 0.2) is 0 Å². The van der Waals surface area contributed by atoms with Gasteiger partial charge in [-0.2, -0.15) is 0 Å². The molecule has 0 radical (unpaired) electrons. The molecule has 26 heavy (non-hydrogen) atoms. The Morgan fingerprint density at radius 2 is 1.58 bits per heavy atom. The van der Waals surface area contributed by atoms with Crippen LogP contribution in [0.2, 0.25) is 0 Å². The molecular formula is C21H18FN3O. The monoisotopic (exact) mass is 347 g/mol. The smallest absolute Gasteiger partial charge is 0.318 e. The molecule has 1 aliphatic rings. The summed E-state index contributed by atoms with van der Waals surface area (Å²) in [4.78, 5) is 20.1. The molecule has 5 heteroatoms. The Labute approximate surface area is 151 Å². The predicted molar refractivity (Wildman–Crippen MR) is 99.2 cm³/mol. The maximum atomic E-state index is 13.8. The minimum Gasteiger partial charge on any atom is -0.318 e. The highest BCUT2D eigenvalue weighted by Crippen LogP contribution is 2.26. The number of hydrogen-bond acceptors (Lipinski definition) is 2. The second kappa shape index (κ2) is 6.96. The van der Waals surface area contributed by atoms with Gasteiger partial charge in [0.05, 0.1) is 6.54 Å². The van der Waals surface area contributed by atoms with Gasteiger partial charge < -0.3 is 4.90 Å². The minimum absolute atomic E-state index is 0.0927. The second-order valence-electron chi connectivity index (χ2n) is 6.23. The Balaban J connectivity index is 1.49. The van der Waals surface area contributed by atoms with Gasteiger partial charge in [-0.1, -0.05) is 30.3 Å². The lowest BCUT2D eigenvalue weighted by atomic mass is 10.1. The van der Waals surface area contributed by atoms with Crippen molar-refractivity contribution < 1.29 is 9.18 Å². The SMILES string of the molecule is O=C1N(Cc2ccccc2F)CCN1c1ccc(-c2ccncc2)cc1. The molecule has 3 aromatic rings. The van der Waals surface area contributed by atoms with E-state index in [1.165, 1.54) is 6.07 Å². The van der Waals surface area contributed by atoms with Crippen molar-refractivity contribution in [2.24, 2.45) is 0 Å². The van der Waals surface area contributed by atoms with Crippen LogP contribution in [0, 0.1) is 5.82 Å². The molecule has 0 saturated carbocycles. The van der Waals surface area contributed by atoms with Gasteiger partial charge >= 0.3 is 6.03 Å². The third-order valence-corrected chi connectivity index (χ3v) is 4.61. The molecule has 4 nitrogen and oxygen atoms in total. The molecule has 1 aliphatic heterocycles. The summed E-state index contributed by atoms with van der Waals surface area (Å²) in [5, 5.41) is 0. The fraction of sp³-hybridized carbons (Fsp3) is 0.143. The van der Waals surface area contributed by atoms with Gasteiger partial charge in [0.2, 0.25) is 0 Å². The molecule has 1 aromatic heterocycles. The summed E-state index contributed by atoms with van der Waals surface area (Å²) in [5.74, 6) is -0.277. The van der Waals surface area contributed by atoms with Crippen molar-refractivity contribution in [3.8, 4) is 11.1 Å². The number of aromatic nitrogens is 1. The van der Waals surface area contributed by atoms with Gasteiger partial charge in [-0.25, -0.2) is 9.18 Å². The van der Waals surface area contributed by atoms with Gasteiger partial charge in [-0.05, 0) is 41.5 Å². The molecule has 0 bridgehead atoms. The summed E-state index contributed by atoms with van der Waals surface area (Å²) in [6.45, 7) is 1.47. The zero-order chi connectivity index (χ0) is 17.9. The topological polar surface area (TPSA) is 36.4 Å². The van der Waals surface area contributed by atoms with Crippen molar-refractivity contribution in [3.05, 3.63) is 84.4 Å². The molecule has 0 atom stereocenters. The van der Waals surface area contributed by atoms with Crippen molar-refractivity contribution in [3.63, 3.8) is 0 Å². The third kappa shape index (κ3) is 3.16. The van der Waals surface area contributed by atoms with E-state index in [1.54, 1.807) is 40.4 Å². The minimum atomic E-state index is -0.277. The van der Waals surface area contributed by atoms with E-state index in [0.29, 0.717) is 18.7 Å². The largest absolute Gasteiger partial charge is 0.324 e. The summed E-state index contributed by atoms with van der Waals surface area (Å²) in [6.07, 6.45) is 3.52. The number of urea groups is 1. The van der Waals surface area contributed by atoms with E-state index < -0.39 is 0 Å². The molecule has 1 saturated heterocycles. The zero-order valence-corrected chi connectivity index (χ0v) is 14.2. The Hall–Kier alpha value is -3.21. The second-order valence-corrected chi connectivity index (χ2v) is 6.23. The van der Waals surface area contributed by atoms with Gasteiger partial charge in [0.25, 0.3) is 0 Å². The summed E-state index contributed by atoms with van der Waals surface area (Å²) >= 11 is 0. The van der Waals surface area contributed by atoms with Crippen molar-refractivity contribution in [2.75, 3.05) is 18.0 Å². The maximum absolute atomic E-state index is 13.8. The van der Waals surface area contributed by atoms with E-state index in [9.17, 15) is 9.18 Å². The molecule has 130 valence electrons. The first-order chi connectivity index (χ1) is 12.7. The quantitative estimate of drug-likeness (QED) is 0.704. The number of benzene rings is 2. The number of carbonyl (C=O) groups excluding carboxylic acids is 1. The fourth-order valence-electron chi connectivity index (χ4n) is 3.18. The Morgan fingerprint density at radius 3 is 2.31 bits per heavy atom. The number of hydrogen-bond donors (Lipinski definition) is 0. The summed E-state index contributed by atoms with van der Waals surface area (Å²) in [7, 11) is 0. The van der Waals surface area contributed by atoms with Crippen molar-refractivity contribution in [1.29, 1.82) is 0 Å². The molecule has 0 unspecified atom stereocenters. The number of carbonyl (C=O) groups is 1. The molecule has 0 spiro atoms. The average molecular weight is 347 g/mol. The highest BCUT2D eigenvalue weighted by atomic mass is 19.1. The summed E-state index contributed by atoms with van der Waals surface area (Å²) in [6, 6.07) is 18.3. The first-order valence-electron chi connectivity index (χ1n) is 8.53. The lowest BCUT2D eigenvalue weighted by molar-refractivity contribution is 0.218. The number of halogens is 1. The van der Waals surface area contributed by atoms with Crippen molar-refractivity contribution >= 4 is 11.7 Å². The van der Waals surface area contributed by atoms with E-state index >= 15 is 0 Å². The number of amides is 2. The molecular weight excluding hydrogens is 329 g/mol. The van der Waals surface area contributed by atoms with Crippen molar-refractivity contribution in [1.82, 2.24) is 9.88 Å². The summed E-state index contributed by atoms with van der Waals surface area (Å²) in [5.41, 5.74) is 3.55. The standard InChI is InChI=1S/C21H18FN3O/c22-20-4-2-1-3-18(20)15-24-13-14-25(21(24)26)19-7-5-16(6-8-19)17-9-11-23-12-10-17/h1-12H,13-15H2. The number of rotatable bonds is 4. The van der Waals surface area contributed by atoms with Crippen LogP contribution in [0.3, 0.4) is 0 Å². The molecule has 0 N–H and O–H groups in total. The highest BCUT2D eigenvalue weighted by Gasteiger charge is 2.29. The van der Waals surface area contributed by atoms with Crippen LogP contribution < -0.4 is 4.90 Å². The highest BCUT2D eigenvalue weighted by molar-refractivity contribution is 5.94. The van der Waals surface area contributed by atoms with E-state index in [1.807, 2.05) is 36.4 Å². The van der Waals surface area contributed by atoms with Crippen LogP contribution >= 0.6 is 0 Å². The van der Waals surface area contributed by atoms with E-state index in [4.69, 9.17) is 0 Å². The normalized spacial score (nSPS) is 14.1. The molecule has 0 aliphatic carbocycles. The molecule has 2 amide bonds. The first-order valence-corrected chi connectivity index (χ1v) is 8.53. The Bertz CT molecular complexity index is 912. The van der Waals surface area contributed by atoms with E-state index in [2.05, 4.69) is 4.98 Å². The van der Waals surface area contributed by atoms with Crippen molar-refractivity contribution in [2.45, 2.75) is 6.54 Å². The fourth-order valence-corrected chi connectivity index (χ4v) is 3.18. The van der Waals surface area contributed by atoms with Crippen LogP contribution in [0.15, 0.2) is 73.1 Å². The van der Waals surface area contributed by atoms with Gasteiger partial charge in [-0.15, -0.1) is 0 Å². The third-order valence-electron chi connectivity index (χ3n) is 4.61. The van der Waals surface area contributed by atoms with Gasteiger partial charge in [0, 0.05) is 36.7 Å². The molecule has 2 aromatic carbocycles. The summed E-state index contributed by atoms with van der Waals surface area (Å²) < 4.78 is 13.8. The lowest BCUT2D eigenvalue weighted by Gasteiger charge is -2.19. The van der Waals surface area contributed by atoms with E-state index in [0.717, 1.165) is 16.8 Å². The number of pyridine rings is 1. The number of anilines is 1. The van der Waals surface area contributed by atoms with Gasteiger partial charge in [0.1, 0.15) is 5.82 Å². The van der Waals surface area contributed by atoms with E-state index in [-0.39, 0.29) is 18.4 Å². The molecule has 2 heterocycles. The van der Waals surface area contributed by atoms with Crippen LogP contribution in [0.5, 0.6) is 0 Å². The maximum Gasteiger partial charge on any atom is 0.324 e.